The number of aromatic nitrogens is 3. The maximum absolute atomic E-state index is 13.0. The summed E-state index contributed by atoms with van der Waals surface area (Å²) in [7, 11) is 0. The molecule has 39 heavy (non-hydrogen) atoms. The van der Waals surface area contributed by atoms with Crippen LogP contribution in [0.25, 0.3) is 22.0 Å². The lowest BCUT2D eigenvalue weighted by Crippen LogP contribution is -2.42. The molecular formula is C27H31ClF3N5O3. The third-order valence-corrected chi connectivity index (χ3v) is 6.48. The molecule has 1 fully saturated rings. The van der Waals surface area contributed by atoms with Gasteiger partial charge in [0, 0.05) is 29.2 Å². The summed E-state index contributed by atoms with van der Waals surface area (Å²) >= 11 is 5.83. The summed E-state index contributed by atoms with van der Waals surface area (Å²) < 4.78 is 48.4. The van der Waals surface area contributed by atoms with Crippen molar-refractivity contribution < 1.29 is 27.4 Å². The van der Waals surface area contributed by atoms with Gasteiger partial charge in [0.15, 0.2) is 0 Å². The van der Waals surface area contributed by atoms with Crippen molar-refractivity contribution in [3.63, 3.8) is 0 Å². The van der Waals surface area contributed by atoms with Crippen molar-refractivity contribution in [1.29, 1.82) is 0 Å². The predicted octanol–water partition coefficient (Wildman–Crippen LogP) is 7.05. The second-order valence-electron chi connectivity index (χ2n) is 10.5. The number of hydrogen-bond donors (Lipinski definition) is 2. The van der Waals surface area contributed by atoms with Crippen molar-refractivity contribution >= 4 is 34.5 Å². The predicted molar refractivity (Wildman–Crippen MR) is 143 cm³/mol. The fourth-order valence-electron chi connectivity index (χ4n) is 4.58. The lowest BCUT2D eigenvalue weighted by atomic mass is 9.91. The molecule has 1 aromatic carbocycles. The first kappa shape index (κ1) is 28.7. The molecule has 2 aromatic heterocycles. The van der Waals surface area contributed by atoms with Crippen LogP contribution >= 0.6 is 11.6 Å². The molecule has 4 rings (SSSR count). The summed E-state index contributed by atoms with van der Waals surface area (Å²) in [4.78, 5) is 25.0. The second kappa shape index (κ2) is 11.4. The van der Waals surface area contributed by atoms with Gasteiger partial charge in [0.2, 0.25) is 11.8 Å². The van der Waals surface area contributed by atoms with Gasteiger partial charge in [-0.25, -0.2) is 19.7 Å². The van der Waals surface area contributed by atoms with E-state index in [4.69, 9.17) is 21.3 Å². The molecule has 1 aliphatic rings. The van der Waals surface area contributed by atoms with Gasteiger partial charge in [-0.2, -0.15) is 0 Å². The third kappa shape index (κ3) is 7.84. The van der Waals surface area contributed by atoms with Gasteiger partial charge < -0.3 is 20.1 Å². The average Bonchev–Trinajstić information content (AvgIpc) is 2.82. The van der Waals surface area contributed by atoms with Gasteiger partial charge in [-0.3, -0.25) is 0 Å². The highest BCUT2D eigenvalue weighted by Gasteiger charge is 2.33. The Kier molecular flexibility index (Phi) is 8.39. The number of alkyl halides is 3. The van der Waals surface area contributed by atoms with Crippen LogP contribution in [0.4, 0.5) is 23.9 Å². The molecule has 12 heteroatoms. The molecule has 8 nitrogen and oxygen atoms in total. The molecule has 1 aliphatic carbocycles. The average molecular weight is 566 g/mol. The van der Waals surface area contributed by atoms with Gasteiger partial charge in [-0.1, -0.05) is 18.5 Å². The third-order valence-electron chi connectivity index (χ3n) is 6.27. The van der Waals surface area contributed by atoms with E-state index in [1.165, 1.54) is 12.1 Å². The number of halogens is 4. The Morgan fingerprint density at radius 3 is 2.41 bits per heavy atom. The Hall–Kier alpha value is -3.34. The molecule has 0 bridgehead atoms. The van der Waals surface area contributed by atoms with Crippen molar-refractivity contribution in [2.45, 2.75) is 83.8 Å². The van der Waals surface area contributed by atoms with Crippen LogP contribution in [0.3, 0.4) is 0 Å². The molecule has 0 aliphatic heterocycles. The largest absolute Gasteiger partial charge is 0.574 e. The molecule has 1 amide bonds. The topological polar surface area (TPSA) is 98.3 Å². The molecule has 0 saturated heterocycles. The van der Waals surface area contributed by atoms with Crippen molar-refractivity contribution in [3.8, 4) is 17.0 Å². The molecule has 2 heterocycles. The van der Waals surface area contributed by atoms with Gasteiger partial charge in [0.25, 0.3) is 0 Å². The lowest BCUT2D eigenvalue weighted by molar-refractivity contribution is -0.275. The van der Waals surface area contributed by atoms with Crippen LogP contribution in [0.2, 0.25) is 5.15 Å². The highest BCUT2D eigenvalue weighted by atomic mass is 35.5. The minimum atomic E-state index is -4.91. The molecule has 2 N–H and O–H groups in total. The van der Waals surface area contributed by atoms with E-state index in [2.05, 4.69) is 25.3 Å². The van der Waals surface area contributed by atoms with E-state index in [1.54, 1.807) is 18.3 Å². The molecule has 3 aromatic rings. The molecule has 0 radical (unpaired) electrons. The first-order valence-corrected chi connectivity index (χ1v) is 13.2. The molecule has 1 saturated carbocycles. The molecule has 210 valence electrons. The number of pyridine rings is 1. The molecular weight excluding hydrogens is 535 g/mol. The molecule has 0 spiro atoms. The molecule has 0 unspecified atom stereocenters. The smallest absolute Gasteiger partial charge is 0.444 e. The number of alkyl carbamates (subject to hydrolysis) is 1. The zero-order valence-electron chi connectivity index (χ0n) is 22.2. The van der Waals surface area contributed by atoms with Crippen molar-refractivity contribution in [2.75, 3.05) is 5.32 Å². The number of hydrogen-bond acceptors (Lipinski definition) is 7. The number of benzene rings is 1. The van der Waals surface area contributed by atoms with Gasteiger partial charge in [0.05, 0.1) is 5.52 Å². The van der Waals surface area contributed by atoms with Crippen LogP contribution in [-0.2, 0) is 11.2 Å². The Morgan fingerprint density at radius 1 is 1.08 bits per heavy atom. The van der Waals surface area contributed by atoms with Gasteiger partial charge in [-0.15, -0.1) is 13.2 Å². The summed E-state index contributed by atoms with van der Waals surface area (Å²) in [6.45, 7) is 7.43. The Morgan fingerprint density at radius 2 is 1.77 bits per heavy atom. The summed E-state index contributed by atoms with van der Waals surface area (Å²) in [5.41, 5.74) is 1.65. The van der Waals surface area contributed by atoms with Crippen LogP contribution in [0, 0.1) is 0 Å². The van der Waals surface area contributed by atoms with Gasteiger partial charge >= 0.3 is 12.5 Å². The number of fused-ring (bicyclic) bond motifs is 1. The highest BCUT2D eigenvalue weighted by molar-refractivity contribution is 6.29. The number of aryl methyl sites for hydroxylation is 1. The summed E-state index contributed by atoms with van der Waals surface area (Å²) in [6, 6.07) is 6.54. The molecule has 0 atom stereocenters. The van der Waals surface area contributed by atoms with Crippen molar-refractivity contribution in [3.05, 3.63) is 41.2 Å². The minimum absolute atomic E-state index is 0.0501. The number of amides is 1. The summed E-state index contributed by atoms with van der Waals surface area (Å²) in [5, 5.41) is 6.89. The van der Waals surface area contributed by atoms with Crippen LogP contribution in [-0.4, -0.2) is 45.1 Å². The highest BCUT2D eigenvalue weighted by Crippen LogP contribution is 2.36. The first-order chi connectivity index (χ1) is 18.3. The monoisotopic (exact) mass is 565 g/mol. The normalized spacial score (nSPS) is 18.1. The standard InChI is InChI=1S/C27H31ClF3N5O3/c1-5-15-12-16(20-10-11-21(28)35-23(20)38-27(29,30)31)13-17-14-32-24(36-22(15)17)33-18-6-8-19(9-7-18)34-25(37)39-26(2,3)4/h10-14,18-19H,5-9H2,1-4H3,(H,34,37)(H,32,33,36). The van der Waals surface area contributed by atoms with E-state index in [-0.39, 0.29) is 22.8 Å². The minimum Gasteiger partial charge on any atom is -0.444 e. The Labute approximate surface area is 229 Å². The SMILES string of the molecule is CCc1cc(-c2ccc(Cl)nc2OC(F)(F)F)cc2cnc(NC3CCC(NC(=O)OC(C)(C)C)CC3)nc12. The summed E-state index contributed by atoms with van der Waals surface area (Å²) in [6.07, 6.45) is 0.174. The van der Waals surface area contributed by atoms with E-state index in [0.29, 0.717) is 28.8 Å². The second-order valence-corrected chi connectivity index (χ2v) is 10.9. The van der Waals surface area contributed by atoms with Gasteiger partial charge in [-0.05, 0) is 88.3 Å². The zero-order chi connectivity index (χ0) is 28.4. The van der Waals surface area contributed by atoms with E-state index in [1.807, 2.05) is 27.7 Å². The zero-order valence-corrected chi connectivity index (χ0v) is 22.9. The Bertz CT molecular complexity index is 1340. The fourth-order valence-corrected chi connectivity index (χ4v) is 4.72. The fraction of sp³-hybridized carbons (Fsp3) is 0.481. The lowest BCUT2D eigenvalue weighted by Gasteiger charge is -2.30. The van der Waals surface area contributed by atoms with Crippen LogP contribution in [0.1, 0.15) is 58.9 Å². The van der Waals surface area contributed by atoms with Crippen LogP contribution in [0.5, 0.6) is 5.88 Å². The number of carbonyl (C=O) groups excluding carboxylic acids is 1. The van der Waals surface area contributed by atoms with Crippen LogP contribution in [0.15, 0.2) is 30.5 Å². The maximum Gasteiger partial charge on any atom is 0.574 e. The number of nitrogens with one attached hydrogen (secondary N) is 2. The van der Waals surface area contributed by atoms with E-state index in [9.17, 15) is 18.0 Å². The van der Waals surface area contributed by atoms with E-state index >= 15 is 0 Å². The van der Waals surface area contributed by atoms with E-state index in [0.717, 1.165) is 31.2 Å². The maximum atomic E-state index is 13.0. The number of carbonyl (C=O) groups is 1. The number of ether oxygens (including phenoxy) is 2. The van der Waals surface area contributed by atoms with Crippen molar-refractivity contribution in [1.82, 2.24) is 20.3 Å². The first-order valence-electron chi connectivity index (χ1n) is 12.8. The van der Waals surface area contributed by atoms with E-state index < -0.39 is 23.9 Å². The van der Waals surface area contributed by atoms with Crippen molar-refractivity contribution in [2.24, 2.45) is 0 Å². The summed E-state index contributed by atoms with van der Waals surface area (Å²) in [5.74, 6) is -0.143. The number of rotatable bonds is 6. The van der Waals surface area contributed by atoms with Crippen LogP contribution < -0.4 is 15.4 Å². The quantitative estimate of drug-likeness (QED) is 0.309. The van der Waals surface area contributed by atoms with Gasteiger partial charge in [0.1, 0.15) is 10.8 Å². The number of anilines is 1. The number of nitrogens with zero attached hydrogens (tertiary/aromatic N) is 3. The Balaban J connectivity index is 1.49.